The molecule has 2 aromatic carbocycles. The van der Waals surface area contributed by atoms with Crippen LogP contribution in [-0.2, 0) is 10.0 Å². The smallest absolute Gasteiger partial charge is 0.257 e. The van der Waals surface area contributed by atoms with E-state index in [0.29, 0.717) is 17.2 Å². The van der Waals surface area contributed by atoms with E-state index in [0.717, 1.165) is 47.0 Å². The highest BCUT2D eigenvalue weighted by Gasteiger charge is 2.32. The molecule has 0 radical (unpaired) electrons. The maximum Gasteiger partial charge on any atom is 0.257 e. The molecule has 2 heterocycles. The van der Waals surface area contributed by atoms with Crippen molar-refractivity contribution in [1.29, 1.82) is 0 Å². The Kier molecular flexibility index (Phi) is 6.14. The Morgan fingerprint density at radius 2 is 1.90 bits per heavy atom. The van der Waals surface area contributed by atoms with Gasteiger partial charge in [-0.1, -0.05) is 30.7 Å². The number of sulfonamides is 1. The Hall–Kier alpha value is -2.29. The number of aromatic nitrogens is 1. The van der Waals surface area contributed by atoms with Crippen molar-refractivity contribution in [3.05, 3.63) is 53.1 Å². The minimum Gasteiger partial charge on any atom is -0.298 e. The van der Waals surface area contributed by atoms with Crippen LogP contribution in [0.25, 0.3) is 10.2 Å². The quantitative estimate of drug-likeness (QED) is 0.577. The summed E-state index contributed by atoms with van der Waals surface area (Å²) in [6.07, 6.45) is 3.66. The molecule has 1 atom stereocenters. The molecule has 1 saturated heterocycles. The SMILES string of the molecule is CCC1CCCCN1S(=O)(=O)c1ccc(C(=O)Nc2nc3c(C)c(C)ccc3s2)cc1. The van der Waals surface area contributed by atoms with Crippen LogP contribution in [-0.4, -0.2) is 36.2 Å². The van der Waals surface area contributed by atoms with Crippen molar-refractivity contribution >= 4 is 42.6 Å². The van der Waals surface area contributed by atoms with Gasteiger partial charge in [0.25, 0.3) is 5.91 Å². The molecule has 0 spiro atoms. The number of thiazole rings is 1. The number of rotatable bonds is 5. The van der Waals surface area contributed by atoms with Crippen LogP contribution in [0.4, 0.5) is 5.13 Å². The Labute approximate surface area is 187 Å². The van der Waals surface area contributed by atoms with Gasteiger partial charge in [-0.2, -0.15) is 4.31 Å². The summed E-state index contributed by atoms with van der Waals surface area (Å²) >= 11 is 1.43. The van der Waals surface area contributed by atoms with Crippen molar-refractivity contribution in [2.24, 2.45) is 0 Å². The highest BCUT2D eigenvalue weighted by molar-refractivity contribution is 7.89. The van der Waals surface area contributed by atoms with E-state index in [1.165, 1.54) is 23.5 Å². The zero-order valence-electron chi connectivity index (χ0n) is 18.0. The number of aryl methyl sites for hydroxylation is 2. The van der Waals surface area contributed by atoms with Crippen LogP contribution in [0.3, 0.4) is 0 Å². The largest absolute Gasteiger partial charge is 0.298 e. The van der Waals surface area contributed by atoms with Crippen LogP contribution >= 0.6 is 11.3 Å². The fourth-order valence-electron chi connectivity index (χ4n) is 4.06. The average molecular weight is 458 g/mol. The van der Waals surface area contributed by atoms with Gasteiger partial charge in [0.1, 0.15) is 0 Å². The van der Waals surface area contributed by atoms with Crippen LogP contribution in [0, 0.1) is 13.8 Å². The van der Waals surface area contributed by atoms with Gasteiger partial charge in [0.2, 0.25) is 10.0 Å². The highest BCUT2D eigenvalue weighted by Crippen LogP contribution is 2.30. The van der Waals surface area contributed by atoms with Crippen molar-refractivity contribution < 1.29 is 13.2 Å². The maximum absolute atomic E-state index is 13.1. The van der Waals surface area contributed by atoms with E-state index in [-0.39, 0.29) is 16.8 Å². The molecule has 8 heteroatoms. The monoisotopic (exact) mass is 457 g/mol. The lowest BCUT2D eigenvalue weighted by molar-refractivity contribution is 0.102. The summed E-state index contributed by atoms with van der Waals surface area (Å²) in [7, 11) is -3.56. The first-order chi connectivity index (χ1) is 14.8. The first-order valence-electron chi connectivity index (χ1n) is 10.6. The Morgan fingerprint density at radius 1 is 1.16 bits per heavy atom. The molecule has 0 bridgehead atoms. The standard InChI is InChI=1S/C23H27N3O3S2/c1-4-18-7-5-6-14-26(18)31(28,29)19-11-9-17(10-12-19)22(27)25-23-24-21-16(3)15(2)8-13-20(21)30-23/h8-13,18H,4-7,14H2,1-3H3,(H,24,25,27). The lowest BCUT2D eigenvalue weighted by Crippen LogP contribution is -2.43. The normalized spacial score (nSPS) is 17.7. The zero-order valence-corrected chi connectivity index (χ0v) is 19.6. The molecule has 1 amide bonds. The van der Waals surface area contributed by atoms with Gasteiger partial charge >= 0.3 is 0 Å². The summed E-state index contributed by atoms with van der Waals surface area (Å²) in [5.74, 6) is -0.304. The molecule has 1 unspecified atom stereocenters. The third-order valence-corrected chi connectivity index (χ3v) is 8.97. The van der Waals surface area contributed by atoms with E-state index >= 15 is 0 Å². The van der Waals surface area contributed by atoms with Crippen LogP contribution in [0.5, 0.6) is 0 Å². The molecular formula is C23H27N3O3S2. The van der Waals surface area contributed by atoms with E-state index in [4.69, 9.17) is 0 Å². The number of benzene rings is 2. The number of nitrogens with zero attached hydrogens (tertiary/aromatic N) is 2. The van der Waals surface area contributed by atoms with Gasteiger partial charge < -0.3 is 0 Å². The molecule has 1 aliphatic heterocycles. The second kappa shape index (κ2) is 8.68. The second-order valence-electron chi connectivity index (χ2n) is 8.03. The molecule has 164 valence electrons. The number of piperidine rings is 1. The lowest BCUT2D eigenvalue weighted by Gasteiger charge is -2.34. The van der Waals surface area contributed by atoms with Gasteiger partial charge in [-0.3, -0.25) is 10.1 Å². The number of carbonyl (C=O) groups excluding carboxylic acids is 1. The van der Waals surface area contributed by atoms with Gasteiger partial charge in [-0.05, 0) is 74.6 Å². The minimum atomic E-state index is -3.56. The first-order valence-corrected chi connectivity index (χ1v) is 12.9. The van der Waals surface area contributed by atoms with Crippen molar-refractivity contribution in [2.45, 2.75) is 57.4 Å². The van der Waals surface area contributed by atoms with E-state index in [1.807, 2.05) is 32.9 Å². The molecule has 3 aromatic rings. The maximum atomic E-state index is 13.1. The van der Waals surface area contributed by atoms with Gasteiger partial charge in [-0.15, -0.1) is 0 Å². The molecule has 31 heavy (non-hydrogen) atoms. The molecule has 0 aliphatic carbocycles. The Balaban J connectivity index is 1.52. The summed E-state index contributed by atoms with van der Waals surface area (Å²) in [5, 5.41) is 3.37. The van der Waals surface area contributed by atoms with Crippen LogP contribution < -0.4 is 5.32 Å². The van der Waals surface area contributed by atoms with Crippen LogP contribution in [0.15, 0.2) is 41.3 Å². The van der Waals surface area contributed by atoms with Crippen molar-refractivity contribution in [1.82, 2.24) is 9.29 Å². The third kappa shape index (κ3) is 4.24. The second-order valence-corrected chi connectivity index (χ2v) is 10.9. The van der Waals surface area contributed by atoms with Crippen molar-refractivity contribution in [3.63, 3.8) is 0 Å². The van der Waals surface area contributed by atoms with Crippen molar-refractivity contribution in [3.8, 4) is 0 Å². The predicted octanol–water partition coefficient (Wildman–Crippen LogP) is 5.12. The predicted molar refractivity (Wildman–Crippen MR) is 125 cm³/mol. The molecule has 1 aliphatic rings. The molecule has 4 rings (SSSR count). The van der Waals surface area contributed by atoms with E-state index in [2.05, 4.69) is 10.3 Å². The molecule has 1 fully saturated rings. The minimum absolute atomic E-state index is 0.0489. The summed E-state index contributed by atoms with van der Waals surface area (Å²) in [4.78, 5) is 17.5. The molecule has 6 nitrogen and oxygen atoms in total. The van der Waals surface area contributed by atoms with E-state index in [1.54, 1.807) is 16.4 Å². The first kappa shape index (κ1) is 21.9. The number of hydrogen-bond acceptors (Lipinski definition) is 5. The summed E-state index contributed by atoms with van der Waals surface area (Å²) in [5.41, 5.74) is 3.56. The fourth-order valence-corrected chi connectivity index (χ4v) is 6.75. The summed E-state index contributed by atoms with van der Waals surface area (Å²) in [6, 6.07) is 10.3. The number of anilines is 1. The molecule has 1 N–H and O–H groups in total. The number of carbonyl (C=O) groups is 1. The van der Waals surface area contributed by atoms with Gasteiger partial charge in [0.05, 0.1) is 15.1 Å². The summed E-state index contributed by atoms with van der Waals surface area (Å²) in [6.45, 7) is 6.64. The topological polar surface area (TPSA) is 79.4 Å². The molecule has 1 aromatic heterocycles. The molecule has 0 saturated carbocycles. The Bertz CT molecular complexity index is 1220. The van der Waals surface area contributed by atoms with E-state index in [9.17, 15) is 13.2 Å². The lowest BCUT2D eigenvalue weighted by atomic mass is 10.0. The number of hydrogen-bond donors (Lipinski definition) is 1. The third-order valence-electron chi connectivity index (χ3n) is 6.07. The Morgan fingerprint density at radius 3 is 2.61 bits per heavy atom. The average Bonchev–Trinajstić information content (AvgIpc) is 3.19. The number of amides is 1. The molecular weight excluding hydrogens is 430 g/mol. The number of fused-ring (bicyclic) bond motifs is 1. The van der Waals surface area contributed by atoms with Crippen LogP contribution in [0.2, 0.25) is 0 Å². The highest BCUT2D eigenvalue weighted by atomic mass is 32.2. The number of nitrogens with one attached hydrogen (secondary N) is 1. The summed E-state index contributed by atoms with van der Waals surface area (Å²) < 4.78 is 28.9. The van der Waals surface area contributed by atoms with E-state index < -0.39 is 10.0 Å². The zero-order chi connectivity index (χ0) is 22.2. The fraction of sp³-hybridized carbons (Fsp3) is 0.391. The van der Waals surface area contributed by atoms with Crippen LogP contribution in [0.1, 0.15) is 54.1 Å². The van der Waals surface area contributed by atoms with Gasteiger partial charge in [0.15, 0.2) is 5.13 Å². The van der Waals surface area contributed by atoms with Crippen molar-refractivity contribution in [2.75, 3.05) is 11.9 Å². The van der Waals surface area contributed by atoms with Gasteiger partial charge in [-0.25, -0.2) is 13.4 Å². The van der Waals surface area contributed by atoms with Gasteiger partial charge in [0, 0.05) is 18.2 Å².